The molecule has 0 aromatic rings. The summed E-state index contributed by atoms with van der Waals surface area (Å²) in [5.41, 5.74) is -0.1000. The van der Waals surface area contributed by atoms with E-state index in [0.29, 0.717) is 0 Å². The molecule has 0 radical (unpaired) electrons. The van der Waals surface area contributed by atoms with Crippen LogP contribution in [-0.4, -0.2) is 56.2 Å². The number of hydrogen-bond donors (Lipinski definition) is 0. The minimum absolute atomic E-state index is 0.1000. The average Bonchev–Trinajstić information content (AvgIpc) is 2.32. The number of ether oxygens (including phenoxy) is 2. The minimum Gasteiger partial charge on any atom is -0.466 e. The van der Waals surface area contributed by atoms with Crippen molar-refractivity contribution in [1.82, 2.24) is 10.0 Å². The Bertz CT molecular complexity index is 351. The van der Waals surface area contributed by atoms with E-state index in [1.54, 1.807) is 0 Å². The van der Waals surface area contributed by atoms with Crippen molar-refractivity contribution in [3.8, 4) is 0 Å². The normalized spacial score (nSPS) is 10.5. The van der Waals surface area contributed by atoms with E-state index < -0.39 is 11.9 Å². The summed E-state index contributed by atoms with van der Waals surface area (Å²) in [6, 6.07) is 0. The number of hydrogen-bond acceptors (Lipinski definition) is 6. The fourth-order valence-corrected chi connectivity index (χ4v) is 0.932. The predicted octanol–water partition coefficient (Wildman–Crippen LogP) is -0.459. The topological polar surface area (TPSA) is 76.2 Å². The molecule has 0 aromatic heterocycles. The van der Waals surface area contributed by atoms with E-state index in [1.165, 1.54) is 40.2 Å². The van der Waals surface area contributed by atoms with Crippen molar-refractivity contribution in [3.05, 3.63) is 11.8 Å². The zero-order valence-corrected chi connectivity index (χ0v) is 10.5. The van der Waals surface area contributed by atoms with Crippen LogP contribution >= 0.6 is 0 Å². The van der Waals surface area contributed by atoms with Crippen LogP contribution in [0.25, 0.3) is 0 Å². The summed E-state index contributed by atoms with van der Waals surface area (Å²) in [7, 11) is 5.26. The highest BCUT2D eigenvalue weighted by Gasteiger charge is 2.21. The molecule has 0 saturated heterocycles. The Hall–Kier alpha value is -2.05. The second-order valence-corrected chi connectivity index (χ2v) is 3.11. The first-order valence-electron chi connectivity index (χ1n) is 4.71. The minimum atomic E-state index is -0.744. The van der Waals surface area contributed by atoms with E-state index in [2.05, 4.69) is 9.47 Å². The highest BCUT2D eigenvalue weighted by atomic mass is 16.5. The summed E-state index contributed by atoms with van der Waals surface area (Å²) in [5.74, 6) is -1.76. The van der Waals surface area contributed by atoms with Crippen LogP contribution in [0, 0.1) is 0 Å². The zero-order valence-electron chi connectivity index (χ0n) is 10.5. The third-order valence-corrected chi connectivity index (χ3v) is 2.10. The molecule has 96 valence electrons. The molecule has 0 aromatic carbocycles. The highest BCUT2D eigenvalue weighted by molar-refractivity contribution is 5.96. The maximum atomic E-state index is 11.5. The number of likely N-dealkylation sites (N-methyl/N-ethyl adjacent to an activating group) is 1. The van der Waals surface area contributed by atoms with Crippen LogP contribution < -0.4 is 0 Å². The second-order valence-electron chi connectivity index (χ2n) is 3.11. The molecule has 0 bridgehead atoms. The zero-order chi connectivity index (χ0) is 13.6. The van der Waals surface area contributed by atoms with Crippen molar-refractivity contribution < 1.29 is 23.9 Å². The predicted molar refractivity (Wildman–Crippen MR) is 58.3 cm³/mol. The van der Waals surface area contributed by atoms with Gasteiger partial charge in [0, 0.05) is 21.0 Å². The molecule has 0 saturated carbocycles. The first-order valence-corrected chi connectivity index (χ1v) is 4.71. The first kappa shape index (κ1) is 14.9. The molecule has 17 heavy (non-hydrogen) atoms. The third-order valence-electron chi connectivity index (χ3n) is 2.10. The van der Waals surface area contributed by atoms with Crippen LogP contribution in [0.3, 0.4) is 0 Å². The summed E-state index contributed by atoms with van der Waals surface area (Å²) in [4.78, 5) is 33.7. The molecule has 0 atom stereocenters. The Morgan fingerprint density at radius 1 is 1.00 bits per heavy atom. The fourth-order valence-electron chi connectivity index (χ4n) is 0.932. The molecule has 0 N–H and O–H groups in total. The average molecular weight is 244 g/mol. The number of hydrazine groups is 1. The van der Waals surface area contributed by atoms with Gasteiger partial charge in [-0.3, -0.25) is 14.8 Å². The fraction of sp³-hybridized carbons (Fsp3) is 0.500. The summed E-state index contributed by atoms with van der Waals surface area (Å²) >= 11 is 0. The standard InChI is InChI=1S/C10H16N2O5/c1-7(13)11(2)12(3)8(10(15)17-5)6-9(14)16-4/h6H,1-5H3/b8-6+. The van der Waals surface area contributed by atoms with Crippen LogP contribution in [0.15, 0.2) is 11.8 Å². The number of methoxy groups -OCH3 is 2. The summed E-state index contributed by atoms with van der Waals surface area (Å²) < 4.78 is 8.93. The lowest BCUT2D eigenvalue weighted by molar-refractivity contribution is -0.147. The number of amides is 1. The van der Waals surface area contributed by atoms with Gasteiger partial charge in [0.1, 0.15) is 5.70 Å². The van der Waals surface area contributed by atoms with Crippen LogP contribution in [0.1, 0.15) is 6.92 Å². The van der Waals surface area contributed by atoms with Gasteiger partial charge in [-0.2, -0.15) is 0 Å². The Labute approximate surface area is 99.5 Å². The van der Waals surface area contributed by atoms with Gasteiger partial charge in [0.2, 0.25) is 5.91 Å². The number of esters is 2. The van der Waals surface area contributed by atoms with Gasteiger partial charge < -0.3 is 9.47 Å². The third kappa shape index (κ3) is 4.13. The van der Waals surface area contributed by atoms with Crippen molar-refractivity contribution in [3.63, 3.8) is 0 Å². The van der Waals surface area contributed by atoms with Gasteiger partial charge in [0.15, 0.2) is 0 Å². The monoisotopic (exact) mass is 244 g/mol. The van der Waals surface area contributed by atoms with Gasteiger partial charge in [0.05, 0.1) is 20.3 Å². The molecule has 0 aliphatic heterocycles. The lowest BCUT2D eigenvalue weighted by Crippen LogP contribution is -2.41. The van der Waals surface area contributed by atoms with Gasteiger partial charge in [-0.1, -0.05) is 0 Å². The molecule has 0 aliphatic carbocycles. The van der Waals surface area contributed by atoms with Crippen molar-refractivity contribution in [1.29, 1.82) is 0 Å². The molecular weight excluding hydrogens is 228 g/mol. The van der Waals surface area contributed by atoms with E-state index in [0.717, 1.165) is 11.1 Å². The Morgan fingerprint density at radius 3 is 1.88 bits per heavy atom. The van der Waals surface area contributed by atoms with Gasteiger partial charge in [-0.15, -0.1) is 0 Å². The number of carbonyl (C=O) groups is 3. The molecule has 7 nitrogen and oxygen atoms in total. The van der Waals surface area contributed by atoms with E-state index in [1.807, 2.05) is 0 Å². The molecule has 0 spiro atoms. The van der Waals surface area contributed by atoms with Gasteiger partial charge in [-0.25, -0.2) is 9.59 Å². The largest absolute Gasteiger partial charge is 0.466 e. The Morgan fingerprint density at radius 2 is 1.53 bits per heavy atom. The number of rotatable bonds is 4. The quantitative estimate of drug-likeness (QED) is 0.378. The van der Waals surface area contributed by atoms with Crippen LogP contribution in [0.4, 0.5) is 0 Å². The Balaban J connectivity index is 5.19. The number of nitrogens with zero attached hydrogens (tertiary/aromatic N) is 2. The number of carbonyl (C=O) groups excluding carboxylic acids is 3. The summed E-state index contributed by atoms with van der Waals surface area (Å²) in [6.45, 7) is 1.32. The summed E-state index contributed by atoms with van der Waals surface area (Å²) in [6.07, 6.45) is 0.950. The van der Waals surface area contributed by atoms with E-state index in [9.17, 15) is 14.4 Å². The van der Waals surface area contributed by atoms with E-state index in [-0.39, 0.29) is 11.6 Å². The van der Waals surface area contributed by atoms with Gasteiger partial charge in [-0.05, 0) is 0 Å². The molecular formula is C10H16N2O5. The van der Waals surface area contributed by atoms with Gasteiger partial charge in [0.25, 0.3) is 0 Å². The molecule has 7 heteroatoms. The Kier molecular flexibility index (Phi) is 5.73. The summed E-state index contributed by atoms with van der Waals surface area (Å²) in [5, 5.41) is 2.36. The van der Waals surface area contributed by atoms with Crippen molar-refractivity contribution in [2.24, 2.45) is 0 Å². The van der Waals surface area contributed by atoms with Crippen LogP contribution in [-0.2, 0) is 23.9 Å². The smallest absolute Gasteiger partial charge is 0.356 e. The van der Waals surface area contributed by atoms with Crippen LogP contribution in [0.5, 0.6) is 0 Å². The van der Waals surface area contributed by atoms with Crippen molar-refractivity contribution in [2.45, 2.75) is 6.92 Å². The molecule has 0 fully saturated rings. The molecule has 1 amide bonds. The second kappa shape index (κ2) is 6.51. The highest BCUT2D eigenvalue weighted by Crippen LogP contribution is 2.07. The lowest BCUT2D eigenvalue weighted by atomic mass is 10.4. The molecule has 0 rings (SSSR count). The lowest BCUT2D eigenvalue weighted by Gasteiger charge is -2.29. The maximum absolute atomic E-state index is 11.5. The maximum Gasteiger partial charge on any atom is 0.356 e. The molecule has 0 aliphatic rings. The van der Waals surface area contributed by atoms with E-state index >= 15 is 0 Å². The van der Waals surface area contributed by atoms with Crippen LogP contribution in [0.2, 0.25) is 0 Å². The van der Waals surface area contributed by atoms with Gasteiger partial charge >= 0.3 is 11.9 Å². The van der Waals surface area contributed by atoms with E-state index in [4.69, 9.17) is 0 Å². The van der Waals surface area contributed by atoms with Crippen molar-refractivity contribution in [2.75, 3.05) is 28.3 Å². The van der Waals surface area contributed by atoms with Crippen molar-refractivity contribution >= 4 is 17.8 Å². The first-order chi connectivity index (χ1) is 7.84. The SMILES string of the molecule is COC(=O)/C=C(\C(=O)OC)N(C)N(C)C(C)=O. The molecule has 0 heterocycles. The molecule has 0 unspecified atom stereocenters.